The van der Waals surface area contributed by atoms with E-state index >= 15 is 0 Å². The molecule has 0 aliphatic rings. The molecule has 2 aromatic rings. The van der Waals surface area contributed by atoms with Crippen LogP contribution in [0, 0.1) is 6.92 Å². The molecule has 0 fully saturated rings. The Morgan fingerprint density at radius 2 is 2.29 bits per heavy atom. The van der Waals surface area contributed by atoms with Gasteiger partial charge in [-0.3, -0.25) is 14.2 Å². The second kappa shape index (κ2) is 4.40. The highest BCUT2D eigenvalue weighted by atomic mass is 16.2. The van der Waals surface area contributed by atoms with Crippen molar-refractivity contribution in [1.29, 1.82) is 0 Å². The minimum absolute atomic E-state index is 0.218. The predicted octanol–water partition coefficient (Wildman–Crippen LogP) is 1.20. The number of hydrogen-bond acceptors (Lipinski definition) is 3. The molecule has 6 nitrogen and oxygen atoms in total. The van der Waals surface area contributed by atoms with Crippen LogP contribution in [0.25, 0.3) is 0 Å². The topological polar surface area (TPSA) is 64.7 Å². The second-order valence-electron chi connectivity index (χ2n) is 3.79. The van der Waals surface area contributed by atoms with Gasteiger partial charge >= 0.3 is 0 Å². The van der Waals surface area contributed by atoms with E-state index in [9.17, 15) is 4.79 Å². The van der Waals surface area contributed by atoms with Gasteiger partial charge in [0.15, 0.2) is 5.69 Å². The maximum absolute atomic E-state index is 11.9. The molecule has 1 N–H and O–H groups in total. The fourth-order valence-electron chi connectivity index (χ4n) is 1.61. The van der Waals surface area contributed by atoms with Crippen molar-refractivity contribution in [2.45, 2.75) is 20.4 Å². The number of hydrogen-bond donors (Lipinski definition) is 1. The average Bonchev–Trinajstić information content (AvgIpc) is 2.87. The molecule has 0 saturated carbocycles. The van der Waals surface area contributed by atoms with Gasteiger partial charge in [-0.1, -0.05) is 0 Å². The van der Waals surface area contributed by atoms with Crippen LogP contribution in [-0.4, -0.2) is 25.5 Å². The molecule has 6 heteroatoms. The highest BCUT2D eigenvalue weighted by Crippen LogP contribution is 2.14. The van der Waals surface area contributed by atoms with Gasteiger partial charge in [-0.15, -0.1) is 0 Å². The lowest BCUT2D eigenvalue weighted by Crippen LogP contribution is -2.13. The quantitative estimate of drug-likeness (QED) is 0.866. The van der Waals surface area contributed by atoms with E-state index in [4.69, 9.17) is 0 Å². The molecule has 2 rings (SSSR count). The van der Waals surface area contributed by atoms with Crippen LogP contribution in [0.1, 0.15) is 23.1 Å². The molecule has 1 amide bonds. The van der Waals surface area contributed by atoms with Crippen molar-refractivity contribution in [2.24, 2.45) is 7.05 Å². The minimum Gasteiger partial charge on any atom is -0.318 e. The van der Waals surface area contributed by atoms with Gasteiger partial charge in [0.05, 0.1) is 17.6 Å². The summed E-state index contributed by atoms with van der Waals surface area (Å²) >= 11 is 0. The lowest BCUT2D eigenvalue weighted by molar-refractivity contribution is 0.102. The third-order valence-corrected chi connectivity index (χ3v) is 2.60. The zero-order valence-electron chi connectivity index (χ0n) is 10.1. The summed E-state index contributed by atoms with van der Waals surface area (Å²) in [7, 11) is 1.77. The number of amides is 1. The van der Waals surface area contributed by atoms with E-state index in [-0.39, 0.29) is 5.91 Å². The smallest absolute Gasteiger partial charge is 0.276 e. The van der Waals surface area contributed by atoms with Crippen LogP contribution in [0.2, 0.25) is 0 Å². The summed E-state index contributed by atoms with van der Waals surface area (Å²) in [5, 5.41) is 11.0. The Morgan fingerprint density at radius 1 is 1.53 bits per heavy atom. The summed E-state index contributed by atoms with van der Waals surface area (Å²) in [6.45, 7) is 4.71. The van der Waals surface area contributed by atoms with E-state index in [1.165, 1.54) is 0 Å². The van der Waals surface area contributed by atoms with E-state index in [1.54, 1.807) is 30.2 Å². The molecule has 0 atom stereocenters. The molecule has 0 spiro atoms. The van der Waals surface area contributed by atoms with Gasteiger partial charge in [0.25, 0.3) is 5.91 Å². The van der Waals surface area contributed by atoms with E-state index in [0.717, 1.165) is 17.9 Å². The third kappa shape index (κ3) is 2.20. The fourth-order valence-corrected chi connectivity index (χ4v) is 1.61. The molecule has 0 unspecified atom stereocenters. The zero-order valence-corrected chi connectivity index (χ0v) is 10.1. The average molecular weight is 233 g/mol. The van der Waals surface area contributed by atoms with Gasteiger partial charge < -0.3 is 5.32 Å². The molecule has 0 saturated heterocycles. The standard InChI is InChI=1S/C11H15N5O/c1-4-16-8(2)10(7-12-16)13-11(17)9-5-6-15(3)14-9/h5-7H,4H2,1-3H3,(H,13,17). The molecule has 2 heterocycles. The summed E-state index contributed by atoms with van der Waals surface area (Å²) < 4.78 is 3.42. The molecule has 0 aromatic carbocycles. The van der Waals surface area contributed by atoms with Gasteiger partial charge in [-0.05, 0) is 19.9 Å². The number of nitrogens with zero attached hydrogens (tertiary/aromatic N) is 4. The number of nitrogens with one attached hydrogen (secondary N) is 1. The Morgan fingerprint density at radius 3 is 2.82 bits per heavy atom. The molecule has 0 radical (unpaired) electrons. The van der Waals surface area contributed by atoms with Gasteiger partial charge in [0.2, 0.25) is 0 Å². The van der Waals surface area contributed by atoms with Gasteiger partial charge in [-0.2, -0.15) is 10.2 Å². The van der Waals surface area contributed by atoms with Crippen LogP contribution in [-0.2, 0) is 13.6 Å². The number of carbonyl (C=O) groups is 1. The molecule has 0 bridgehead atoms. The van der Waals surface area contributed by atoms with Crippen LogP contribution in [0.4, 0.5) is 5.69 Å². The van der Waals surface area contributed by atoms with Crippen molar-refractivity contribution in [1.82, 2.24) is 19.6 Å². The van der Waals surface area contributed by atoms with Crippen LogP contribution in [0.3, 0.4) is 0 Å². The zero-order chi connectivity index (χ0) is 12.4. The van der Waals surface area contributed by atoms with Crippen molar-refractivity contribution >= 4 is 11.6 Å². The largest absolute Gasteiger partial charge is 0.318 e. The minimum atomic E-state index is -0.218. The van der Waals surface area contributed by atoms with Gasteiger partial charge in [0.1, 0.15) is 0 Å². The molecule has 17 heavy (non-hydrogen) atoms. The van der Waals surface area contributed by atoms with Crippen molar-refractivity contribution in [3.8, 4) is 0 Å². The number of aromatic nitrogens is 4. The molecule has 0 aliphatic heterocycles. The lowest BCUT2D eigenvalue weighted by atomic mass is 10.3. The van der Waals surface area contributed by atoms with Crippen molar-refractivity contribution < 1.29 is 4.79 Å². The molecule has 0 aliphatic carbocycles. The van der Waals surface area contributed by atoms with Crippen LogP contribution >= 0.6 is 0 Å². The summed E-state index contributed by atoms with van der Waals surface area (Å²) in [5.41, 5.74) is 2.07. The van der Waals surface area contributed by atoms with Crippen molar-refractivity contribution in [2.75, 3.05) is 5.32 Å². The summed E-state index contributed by atoms with van der Waals surface area (Å²) in [6.07, 6.45) is 3.39. The third-order valence-electron chi connectivity index (χ3n) is 2.60. The first kappa shape index (κ1) is 11.4. The molecular formula is C11H15N5O. The Balaban J connectivity index is 2.15. The van der Waals surface area contributed by atoms with Gasteiger partial charge in [0, 0.05) is 19.8 Å². The van der Waals surface area contributed by atoms with Crippen LogP contribution in [0.5, 0.6) is 0 Å². The van der Waals surface area contributed by atoms with E-state index < -0.39 is 0 Å². The van der Waals surface area contributed by atoms with Crippen molar-refractivity contribution in [3.05, 3.63) is 29.8 Å². The second-order valence-corrected chi connectivity index (χ2v) is 3.79. The summed E-state index contributed by atoms with van der Waals surface area (Å²) in [4.78, 5) is 11.9. The van der Waals surface area contributed by atoms with Crippen LogP contribution in [0.15, 0.2) is 18.5 Å². The first-order valence-corrected chi connectivity index (χ1v) is 5.45. The fraction of sp³-hybridized carbons (Fsp3) is 0.364. The predicted molar refractivity (Wildman–Crippen MR) is 63.8 cm³/mol. The molecular weight excluding hydrogens is 218 g/mol. The highest BCUT2D eigenvalue weighted by molar-refractivity contribution is 6.03. The number of aryl methyl sites for hydroxylation is 2. The maximum atomic E-state index is 11.9. The summed E-state index contributed by atoms with van der Waals surface area (Å²) in [6, 6.07) is 1.68. The maximum Gasteiger partial charge on any atom is 0.276 e. The first-order valence-electron chi connectivity index (χ1n) is 5.45. The Labute approximate surface area is 99.2 Å². The Hall–Kier alpha value is -2.11. The Bertz CT molecular complexity index is 540. The highest BCUT2D eigenvalue weighted by Gasteiger charge is 2.12. The lowest BCUT2D eigenvalue weighted by Gasteiger charge is -2.03. The number of carbonyl (C=O) groups excluding carboxylic acids is 1. The van der Waals surface area contributed by atoms with E-state index in [1.807, 2.05) is 18.5 Å². The van der Waals surface area contributed by atoms with Gasteiger partial charge in [-0.25, -0.2) is 0 Å². The van der Waals surface area contributed by atoms with Crippen molar-refractivity contribution in [3.63, 3.8) is 0 Å². The molecule has 90 valence electrons. The normalized spacial score (nSPS) is 10.5. The van der Waals surface area contributed by atoms with Crippen LogP contribution < -0.4 is 5.32 Å². The Kier molecular flexibility index (Phi) is 2.95. The first-order chi connectivity index (χ1) is 8.11. The monoisotopic (exact) mass is 233 g/mol. The SMILES string of the molecule is CCn1ncc(NC(=O)c2ccn(C)n2)c1C. The summed E-state index contributed by atoms with van der Waals surface area (Å²) in [5.74, 6) is -0.218. The number of rotatable bonds is 3. The molecule has 2 aromatic heterocycles. The number of anilines is 1. The van der Waals surface area contributed by atoms with E-state index in [2.05, 4.69) is 15.5 Å². The van der Waals surface area contributed by atoms with E-state index in [0.29, 0.717) is 5.69 Å².